The zero-order valence-corrected chi connectivity index (χ0v) is 10.8. The van der Waals surface area contributed by atoms with Gasteiger partial charge in [-0.2, -0.15) is 5.10 Å². The van der Waals surface area contributed by atoms with Gasteiger partial charge in [-0.05, 0) is 6.92 Å². The van der Waals surface area contributed by atoms with Crippen molar-refractivity contribution in [2.24, 2.45) is 7.05 Å². The van der Waals surface area contributed by atoms with E-state index >= 15 is 0 Å². The van der Waals surface area contributed by atoms with Gasteiger partial charge in [0.05, 0.1) is 11.3 Å². The second-order valence-electron chi connectivity index (χ2n) is 2.84. The summed E-state index contributed by atoms with van der Waals surface area (Å²) >= 11 is 0. The van der Waals surface area contributed by atoms with Crippen molar-refractivity contribution >= 4 is 11.0 Å². The van der Waals surface area contributed by atoms with Crippen LogP contribution in [0.1, 0.15) is 5.69 Å². The van der Waals surface area contributed by atoms with Crippen molar-refractivity contribution in [1.29, 1.82) is 0 Å². The van der Waals surface area contributed by atoms with E-state index in [1.54, 1.807) is 24.7 Å². The minimum atomic E-state index is -0.0718. The van der Waals surface area contributed by atoms with Crippen molar-refractivity contribution in [3.63, 3.8) is 0 Å². The second kappa shape index (κ2) is 4.28. The van der Waals surface area contributed by atoms with Gasteiger partial charge in [0.25, 0.3) is 0 Å². The van der Waals surface area contributed by atoms with Crippen LogP contribution in [0.4, 0.5) is 0 Å². The molecule has 0 atom stereocenters. The molecule has 0 aliphatic heterocycles. The minimum Gasteiger partial charge on any atom is -0.308 e. The predicted octanol–water partition coefficient (Wildman–Crippen LogP) is 0.435. The topological polar surface area (TPSA) is 47.8 Å². The smallest absolute Gasteiger partial charge is 0.132 e. The predicted molar refractivity (Wildman–Crippen MR) is 48.4 cm³/mol. The van der Waals surface area contributed by atoms with Crippen LogP contribution in [0.3, 0.4) is 0 Å². The number of aryl methyl sites for hydroxylation is 2. The molecule has 2 aromatic heterocycles. The van der Waals surface area contributed by atoms with Crippen molar-refractivity contribution in [3.8, 4) is 0 Å². The van der Waals surface area contributed by atoms with Crippen molar-refractivity contribution in [3.05, 3.63) is 34.2 Å². The Balaban J connectivity index is 0.000000980. The number of pyridine rings is 1. The molecule has 2 heterocycles. The van der Waals surface area contributed by atoms with Crippen LogP contribution in [-0.2, 0) is 39.8 Å². The van der Waals surface area contributed by atoms with E-state index in [1.165, 1.54) is 6.20 Å². The van der Waals surface area contributed by atoms with Crippen LogP contribution < -0.4 is 5.43 Å². The average Bonchev–Trinajstić information content (AvgIpc) is 2.15. The summed E-state index contributed by atoms with van der Waals surface area (Å²) in [6, 6.07) is 4.42. The third-order valence-corrected chi connectivity index (χ3v) is 1.91. The summed E-state index contributed by atoms with van der Waals surface area (Å²) in [5.41, 5.74) is 1.00. The maximum absolute atomic E-state index is 11.5. The minimum absolute atomic E-state index is 0. The zero-order valence-electron chi connectivity index (χ0n) is 7.98. The first-order chi connectivity index (χ1) is 6.20. The Morgan fingerprint density at radius 1 is 1.50 bits per heavy atom. The van der Waals surface area contributed by atoms with E-state index < -0.39 is 0 Å². The number of nitrogens with zero attached hydrogens (tertiary/aromatic N) is 3. The Morgan fingerprint density at radius 2 is 2.21 bits per heavy atom. The van der Waals surface area contributed by atoms with Gasteiger partial charge in [-0.25, -0.2) is 12.1 Å². The molecular formula is C9H8N3OY-. The van der Waals surface area contributed by atoms with Crippen LogP contribution >= 0.6 is 0 Å². The Bertz CT molecular complexity index is 521. The fourth-order valence-corrected chi connectivity index (χ4v) is 1.29. The third kappa shape index (κ3) is 1.77. The average molecular weight is 263 g/mol. The van der Waals surface area contributed by atoms with Gasteiger partial charge in [0.2, 0.25) is 0 Å². The Morgan fingerprint density at radius 3 is 2.93 bits per heavy atom. The van der Waals surface area contributed by atoms with Crippen LogP contribution in [0.15, 0.2) is 17.1 Å². The maximum Gasteiger partial charge on any atom is 0.132 e. The molecule has 4 nitrogen and oxygen atoms in total. The first kappa shape index (κ1) is 11.5. The molecule has 0 aliphatic rings. The van der Waals surface area contributed by atoms with E-state index in [-0.39, 0.29) is 38.1 Å². The molecule has 5 heteroatoms. The van der Waals surface area contributed by atoms with Crippen LogP contribution in [0.5, 0.6) is 0 Å². The van der Waals surface area contributed by atoms with Crippen LogP contribution in [-0.4, -0.2) is 14.8 Å². The van der Waals surface area contributed by atoms with Crippen molar-refractivity contribution in [2.45, 2.75) is 6.92 Å². The van der Waals surface area contributed by atoms with E-state index in [0.717, 1.165) is 0 Å². The van der Waals surface area contributed by atoms with Gasteiger partial charge in [-0.3, -0.25) is 9.67 Å². The standard InChI is InChI=1S/C9H8N3O.Y/c1-6-8(13)7-4-3-5-10-9(7)12(2)11-6;/h4-5H,1-2H3;/q-1;. The van der Waals surface area contributed by atoms with Gasteiger partial charge in [0.15, 0.2) is 0 Å². The van der Waals surface area contributed by atoms with Gasteiger partial charge in [-0.1, -0.05) is 11.6 Å². The molecule has 2 aromatic rings. The van der Waals surface area contributed by atoms with Crippen LogP contribution in [0, 0.1) is 13.0 Å². The molecule has 0 bridgehead atoms. The van der Waals surface area contributed by atoms with Crippen molar-refractivity contribution < 1.29 is 32.7 Å². The molecule has 0 fully saturated rings. The molecular weight excluding hydrogens is 255 g/mol. The van der Waals surface area contributed by atoms with E-state index in [4.69, 9.17) is 0 Å². The summed E-state index contributed by atoms with van der Waals surface area (Å²) < 4.78 is 1.60. The van der Waals surface area contributed by atoms with Crippen molar-refractivity contribution in [2.75, 3.05) is 0 Å². The molecule has 0 saturated heterocycles. The Hall–Kier alpha value is -0.606. The van der Waals surface area contributed by atoms with E-state index in [2.05, 4.69) is 16.1 Å². The summed E-state index contributed by atoms with van der Waals surface area (Å²) in [6.45, 7) is 1.69. The van der Waals surface area contributed by atoms with Gasteiger partial charge < -0.3 is 4.79 Å². The number of fused-ring (bicyclic) bond motifs is 1. The fourth-order valence-electron chi connectivity index (χ4n) is 1.29. The molecule has 69 valence electrons. The molecule has 1 radical (unpaired) electrons. The number of rotatable bonds is 0. The summed E-state index contributed by atoms with van der Waals surface area (Å²) in [5, 5.41) is 4.60. The summed E-state index contributed by atoms with van der Waals surface area (Å²) in [6.07, 6.45) is 1.53. The molecule has 0 unspecified atom stereocenters. The number of hydrogen-bond donors (Lipinski definition) is 0. The van der Waals surface area contributed by atoms with Crippen molar-refractivity contribution in [1.82, 2.24) is 14.8 Å². The Labute approximate surface area is 106 Å². The first-order valence-corrected chi connectivity index (χ1v) is 3.90. The first-order valence-electron chi connectivity index (χ1n) is 3.90. The molecule has 0 saturated carbocycles. The van der Waals surface area contributed by atoms with Gasteiger partial charge >= 0.3 is 0 Å². The fraction of sp³-hybridized carbons (Fsp3) is 0.222. The summed E-state index contributed by atoms with van der Waals surface area (Å²) in [5.74, 6) is 0. The van der Waals surface area contributed by atoms with E-state index in [9.17, 15) is 4.79 Å². The summed E-state index contributed by atoms with van der Waals surface area (Å²) in [7, 11) is 1.77. The SMILES string of the molecule is Cc1nn(C)c2nc[c-]cc2c1=O.[Y]. The zero-order chi connectivity index (χ0) is 9.42. The molecule has 0 amide bonds. The van der Waals surface area contributed by atoms with Crippen LogP contribution in [0.25, 0.3) is 11.0 Å². The molecule has 14 heavy (non-hydrogen) atoms. The second-order valence-corrected chi connectivity index (χ2v) is 2.84. The normalized spacial score (nSPS) is 9.86. The van der Waals surface area contributed by atoms with Gasteiger partial charge in [-0.15, -0.1) is 0 Å². The van der Waals surface area contributed by atoms with Crippen LogP contribution in [0.2, 0.25) is 0 Å². The molecule has 0 aromatic carbocycles. The monoisotopic (exact) mass is 263 g/mol. The molecule has 0 spiro atoms. The maximum atomic E-state index is 11.5. The largest absolute Gasteiger partial charge is 0.308 e. The Kier molecular flexibility index (Phi) is 3.50. The van der Waals surface area contributed by atoms with Gasteiger partial charge in [0, 0.05) is 39.8 Å². The summed E-state index contributed by atoms with van der Waals surface area (Å²) in [4.78, 5) is 15.6. The third-order valence-electron chi connectivity index (χ3n) is 1.91. The van der Waals surface area contributed by atoms with Gasteiger partial charge in [0.1, 0.15) is 5.43 Å². The van der Waals surface area contributed by atoms with E-state index in [1.807, 2.05) is 0 Å². The molecule has 0 aliphatic carbocycles. The number of hydrogen-bond acceptors (Lipinski definition) is 3. The number of aromatic nitrogens is 3. The van der Waals surface area contributed by atoms with E-state index in [0.29, 0.717) is 16.7 Å². The quantitative estimate of drug-likeness (QED) is 0.648. The molecule has 2 rings (SSSR count). The molecule has 0 N–H and O–H groups in total.